The summed E-state index contributed by atoms with van der Waals surface area (Å²) in [4.78, 5) is 16.6. The van der Waals surface area contributed by atoms with E-state index in [1.54, 1.807) is 11.3 Å². The maximum absolute atomic E-state index is 12.0. The van der Waals surface area contributed by atoms with Gasteiger partial charge in [-0.05, 0) is 44.9 Å². The van der Waals surface area contributed by atoms with Crippen molar-refractivity contribution in [3.63, 3.8) is 0 Å². The van der Waals surface area contributed by atoms with E-state index in [2.05, 4.69) is 26.8 Å². The van der Waals surface area contributed by atoms with Crippen LogP contribution in [0.4, 0.5) is 0 Å². The molecule has 2 atom stereocenters. The molecule has 4 heteroatoms. The first-order valence-corrected chi connectivity index (χ1v) is 6.91. The van der Waals surface area contributed by atoms with E-state index in [-0.39, 0.29) is 11.9 Å². The zero-order valence-electron chi connectivity index (χ0n) is 10.7. The van der Waals surface area contributed by atoms with Crippen LogP contribution in [0.3, 0.4) is 0 Å². The lowest BCUT2D eigenvalue weighted by atomic mass is 10.1. The highest BCUT2D eigenvalue weighted by Crippen LogP contribution is 2.33. The van der Waals surface area contributed by atoms with Gasteiger partial charge in [0, 0.05) is 22.7 Å². The smallest absolute Gasteiger partial charge is 0.223 e. The van der Waals surface area contributed by atoms with Crippen molar-refractivity contribution >= 4 is 17.2 Å². The molecule has 1 fully saturated rings. The van der Waals surface area contributed by atoms with E-state index < -0.39 is 0 Å². The fourth-order valence-electron chi connectivity index (χ4n) is 2.57. The summed E-state index contributed by atoms with van der Waals surface area (Å²) in [5.41, 5.74) is 6.94. The van der Waals surface area contributed by atoms with Crippen molar-refractivity contribution in [3.8, 4) is 0 Å². The summed E-state index contributed by atoms with van der Waals surface area (Å²) in [6, 6.07) is 2.39. The molecule has 1 aromatic heterocycles. The Morgan fingerprint density at radius 3 is 2.76 bits per heavy atom. The Morgan fingerprint density at radius 1 is 1.59 bits per heavy atom. The van der Waals surface area contributed by atoms with Crippen LogP contribution in [0.2, 0.25) is 0 Å². The minimum absolute atomic E-state index is 0.184. The van der Waals surface area contributed by atoms with E-state index in [0.717, 1.165) is 6.54 Å². The first kappa shape index (κ1) is 12.6. The van der Waals surface area contributed by atoms with Gasteiger partial charge in [0.25, 0.3) is 0 Å². The molecule has 0 saturated carbocycles. The van der Waals surface area contributed by atoms with Gasteiger partial charge in [-0.15, -0.1) is 11.3 Å². The Labute approximate surface area is 107 Å². The van der Waals surface area contributed by atoms with Crippen molar-refractivity contribution in [2.75, 3.05) is 13.1 Å². The highest BCUT2D eigenvalue weighted by Gasteiger charge is 2.33. The monoisotopic (exact) mass is 252 g/mol. The largest absolute Gasteiger partial charge is 0.336 e. The molecule has 0 bridgehead atoms. The summed E-state index contributed by atoms with van der Waals surface area (Å²) in [6.45, 7) is 7.78. The van der Waals surface area contributed by atoms with Crippen molar-refractivity contribution in [1.29, 1.82) is 0 Å². The number of amides is 1. The third kappa shape index (κ3) is 2.38. The summed E-state index contributed by atoms with van der Waals surface area (Å²) in [7, 11) is 0. The number of hydrogen-bond acceptors (Lipinski definition) is 3. The first-order valence-electron chi connectivity index (χ1n) is 6.09. The van der Waals surface area contributed by atoms with E-state index in [0.29, 0.717) is 18.9 Å². The minimum atomic E-state index is 0.184. The highest BCUT2D eigenvalue weighted by molar-refractivity contribution is 7.12. The van der Waals surface area contributed by atoms with Gasteiger partial charge in [0.2, 0.25) is 5.91 Å². The van der Waals surface area contributed by atoms with Crippen molar-refractivity contribution in [1.82, 2.24) is 4.90 Å². The van der Waals surface area contributed by atoms with Crippen LogP contribution < -0.4 is 5.73 Å². The molecule has 1 aromatic rings. The van der Waals surface area contributed by atoms with Crippen LogP contribution in [-0.4, -0.2) is 23.9 Å². The van der Waals surface area contributed by atoms with Gasteiger partial charge in [0.1, 0.15) is 0 Å². The number of thiophene rings is 1. The van der Waals surface area contributed by atoms with Gasteiger partial charge in [0.15, 0.2) is 0 Å². The Morgan fingerprint density at radius 2 is 2.29 bits per heavy atom. The molecule has 1 aliphatic rings. The molecular formula is C13H20N2OS. The lowest BCUT2D eigenvalue weighted by Gasteiger charge is -2.25. The van der Waals surface area contributed by atoms with Crippen LogP contribution in [-0.2, 0) is 4.79 Å². The number of carbonyl (C=O) groups is 1. The topological polar surface area (TPSA) is 46.3 Å². The molecule has 1 saturated heterocycles. The third-order valence-electron chi connectivity index (χ3n) is 3.57. The Hall–Kier alpha value is -0.870. The van der Waals surface area contributed by atoms with Gasteiger partial charge < -0.3 is 10.6 Å². The number of likely N-dealkylation sites (tertiary alicyclic amines) is 1. The molecule has 1 amide bonds. The first-order chi connectivity index (χ1) is 8.02. The molecular weight excluding hydrogens is 232 g/mol. The van der Waals surface area contributed by atoms with Crippen LogP contribution in [0.15, 0.2) is 6.07 Å². The van der Waals surface area contributed by atoms with Crippen LogP contribution >= 0.6 is 11.3 Å². The Bertz CT molecular complexity index is 427. The molecule has 2 rings (SSSR count). The van der Waals surface area contributed by atoms with Crippen molar-refractivity contribution < 1.29 is 4.79 Å². The van der Waals surface area contributed by atoms with E-state index in [1.807, 2.05) is 4.90 Å². The number of hydrogen-bond donors (Lipinski definition) is 1. The van der Waals surface area contributed by atoms with Crippen LogP contribution in [0.25, 0.3) is 0 Å². The number of nitrogens with two attached hydrogens (primary N) is 1. The standard InChI is InChI=1S/C13H20N2OS/c1-8-4-12(10(3)17-8)9(2)15-7-11(6-14)5-13(15)16/h4,9,11H,5-7,14H2,1-3H3. The number of aryl methyl sites for hydroxylation is 2. The quantitative estimate of drug-likeness (QED) is 0.896. The molecule has 1 aliphatic heterocycles. The van der Waals surface area contributed by atoms with Gasteiger partial charge >= 0.3 is 0 Å². The minimum Gasteiger partial charge on any atom is -0.336 e. The number of carbonyl (C=O) groups excluding carboxylic acids is 1. The molecule has 17 heavy (non-hydrogen) atoms. The fourth-order valence-corrected chi connectivity index (χ4v) is 3.59. The molecule has 2 N–H and O–H groups in total. The third-order valence-corrected chi connectivity index (χ3v) is 4.55. The summed E-state index contributed by atoms with van der Waals surface area (Å²) < 4.78 is 0. The molecule has 0 spiro atoms. The van der Waals surface area contributed by atoms with Gasteiger partial charge in [-0.3, -0.25) is 4.79 Å². The molecule has 0 aromatic carbocycles. The average Bonchev–Trinajstić information content (AvgIpc) is 2.81. The summed E-state index contributed by atoms with van der Waals surface area (Å²) in [5.74, 6) is 0.584. The summed E-state index contributed by atoms with van der Waals surface area (Å²) in [6.07, 6.45) is 0.614. The zero-order chi connectivity index (χ0) is 12.6. The molecule has 2 unspecified atom stereocenters. The fraction of sp³-hybridized carbons (Fsp3) is 0.615. The number of rotatable bonds is 3. The predicted molar refractivity (Wildman–Crippen MR) is 71.1 cm³/mol. The van der Waals surface area contributed by atoms with Crippen molar-refractivity contribution in [2.45, 2.75) is 33.2 Å². The molecule has 0 aliphatic carbocycles. The Kier molecular flexibility index (Phi) is 3.54. The van der Waals surface area contributed by atoms with Crippen LogP contribution in [0, 0.1) is 19.8 Å². The molecule has 2 heterocycles. The maximum atomic E-state index is 12.0. The van der Waals surface area contributed by atoms with Gasteiger partial charge in [-0.25, -0.2) is 0 Å². The zero-order valence-corrected chi connectivity index (χ0v) is 11.5. The van der Waals surface area contributed by atoms with E-state index in [4.69, 9.17) is 5.73 Å². The van der Waals surface area contributed by atoms with Gasteiger partial charge in [-0.2, -0.15) is 0 Å². The maximum Gasteiger partial charge on any atom is 0.223 e. The average molecular weight is 252 g/mol. The van der Waals surface area contributed by atoms with Crippen LogP contribution in [0.5, 0.6) is 0 Å². The SMILES string of the molecule is Cc1cc(C(C)N2CC(CN)CC2=O)c(C)s1. The second-order valence-electron chi connectivity index (χ2n) is 4.90. The van der Waals surface area contributed by atoms with Crippen molar-refractivity contribution in [3.05, 3.63) is 21.4 Å². The summed E-state index contributed by atoms with van der Waals surface area (Å²) in [5, 5.41) is 0. The van der Waals surface area contributed by atoms with E-state index in [1.165, 1.54) is 15.3 Å². The van der Waals surface area contributed by atoms with Crippen LogP contribution in [0.1, 0.15) is 34.7 Å². The summed E-state index contributed by atoms with van der Waals surface area (Å²) >= 11 is 1.80. The lowest BCUT2D eigenvalue weighted by molar-refractivity contribution is -0.129. The van der Waals surface area contributed by atoms with Gasteiger partial charge in [0.05, 0.1) is 6.04 Å². The van der Waals surface area contributed by atoms with Crippen molar-refractivity contribution in [2.24, 2.45) is 11.7 Å². The molecule has 0 radical (unpaired) electrons. The molecule has 3 nitrogen and oxygen atoms in total. The van der Waals surface area contributed by atoms with Gasteiger partial charge in [-0.1, -0.05) is 0 Å². The molecule has 94 valence electrons. The van der Waals surface area contributed by atoms with E-state index in [9.17, 15) is 4.79 Å². The predicted octanol–water partition coefficient (Wildman–Crippen LogP) is 2.23. The lowest BCUT2D eigenvalue weighted by Crippen LogP contribution is -2.29. The van der Waals surface area contributed by atoms with E-state index >= 15 is 0 Å². The second kappa shape index (κ2) is 4.78. The normalized spacial score (nSPS) is 22.2. The highest BCUT2D eigenvalue weighted by atomic mass is 32.1. The number of nitrogens with zero attached hydrogens (tertiary/aromatic N) is 1. The Balaban J connectivity index is 2.18. The second-order valence-corrected chi connectivity index (χ2v) is 6.36.